The predicted molar refractivity (Wildman–Crippen MR) is 107 cm³/mol. The third kappa shape index (κ3) is 4.87. The summed E-state index contributed by atoms with van der Waals surface area (Å²) in [5, 5.41) is 0. The van der Waals surface area contributed by atoms with Crippen LogP contribution in [0, 0.1) is 12.3 Å². The molecule has 0 saturated carbocycles. The number of likely N-dealkylation sites (N-methyl/N-ethyl adjacent to an activating group) is 1. The highest BCUT2D eigenvalue weighted by Gasteiger charge is 2.20. The molecular weight excluding hydrogens is 342 g/mol. The fourth-order valence-corrected chi connectivity index (χ4v) is 3.07. The van der Waals surface area contributed by atoms with E-state index in [0.29, 0.717) is 29.5 Å². The summed E-state index contributed by atoms with van der Waals surface area (Å²) in [7, 11) is 8.54. The Labute approximate surface area is 161 Å². The summed E-state index contributed by atoms with van der Waals surface area (Å²) in [4.78, 5) is 2.11. The van der Waals surface area contributed by atoms with Crippen LogP contribution in [-0.4, -0.2) is 53.5 Å². The van der Waals surface area contributed by atoms with Crippen LogP contribution >= 0.6 is 0 Å². The van der Waals surface area contributed by atoms with Gasteiger partial charge in [-0.3, -0.25) is 4.90 Å². The maximum atomic E-state index is 5.48. The molecule has 27 heavy (non-hydrogen) atoms. The first-order valence-electron chi connectivity index (χ1n) is 8.63. The lowest BCUT2D eigenvalue weighted by atomic mass is 9.90. The summed E-state index contributed by atoms with van der Waals surface area (Å²) in [6.45, 7) is 1.31. The van der Waals surface area contributed by atoms with E-state index in [9.17, 15) is 0 Å². The molecule has 5 heteroatoms. The summed E-state index contributed by atoms with van der Waals surface area (Å²) in [6.07, 6.45) is 5.48. The van der Waals surface area contributed by atoms with Gasteiger partial charge in [0, 0.05) is 12.5 Å². The van der Waals surface area contributed by atoms with E-state index in [-0.39, 0.29) is 5.92 Å². The molecule has 5 nitrogen and oxygen atoms in total. The molecule has 0 amide bonds. The van der Waals surface area contributed by atoms with Crippen LogP contribution < -0.4 is 18.9 Å². The first-order valence-corrected chi connectivity index (χ1v) is 8.63. The van der Waals surface area contributed by atoms with E-state index in [4.69, 9.17) is 25.4 Å². The fourth-order valence-electron chi connectivity index (χ4n) is 3.07. The number of terminal acetylenes is 1. The molecule has 0 heterocycles. The first kappa shape index (κ1) is 20.5. The number of nitrogens with zero attached hydrogens (tertiary/aromatic N) is 1. The molecule has 2 aromatic rings. The van der Waals surface area contributed by atoms with Crippen molar-refractivity contribution in [1.82, 2.24) is 4.90 Å². The Balaban J connectivity index is 2.50. The normalized spacial score (nSPS) is 10.6. The van der Waals surface area contributed by atoms with Crippen LogP contribution in [0.4, 0.5) is 0 Å². The van der Waals surface area contributed by atoms with Gasteiger partial charge >= 0.3 is 0 Å². The van der Waals surface area contributed by atoms with E-state index in [2.05, 4.69) is 10.8 Å². The standard InChI is InChI=1S/C22H27NO4/c1-7-12-23(2)15-18(16-8-10-19(24-3)21(13-16)26-5)17-9-11-20(25-4)22(14-17)27-6/h1,8-11,13-14,18H,12,15H2,2-6H3. The molecule has 0 aliphatic carbocycles. The smallest absolute Gasteiger partial charge is 0.161 e. The molecule has 2 rings (SSSR count). The summed E-state index contributed by atoms with van der Waals surface area (Å²) in [5.41, 5.74) is 2.20. The van der Waals surface area contributed by atoms with Crippen LogP contribution in [0.2, 0.25) is 0 Å². The van der Waals surface area contributed by atoms with Crippen LogP contribution in [0.25, 0.3) is 0 Å². The second-order valence-electron chi connectivity index (χ2n) is 6.18. The van der Waals surface area contributed by atoms with Crippen molar-refractivity contribution in [2.24, 2.45) is 0 Å². The molecular formula is C22H27NO4. The molecule has 144 valence electrons. The van der Waals surface area contributed by atoms with Gasteiger partial charge in [0.2, 0.25) is 0 Å². The van der Waals surface area contributed by atoms with Gasteiger partial charge in [0.1, 0.15) is 0 Å². The lowest BCUT2D eigenvalue weighted by Crippen LogP contribution is -2.25. The lowest BCUT2D eigenvalue weighted by Gasteiger charge is -2.25. The first-order chi connectivity index (χ1) is 13.1. The van der Waals surface area contributed by atoms with E-state index in [1.54, 1.807) is 28.4 Å². The molecule has 0 unspecified atom stereocenters. The van der Waals surface area contributed by atoms with Gasteiger partial charge in [-0.15, -0.1) is 6.42 Å². The summed E-state index contributed by atoms with van der Waals surface area (Å²) < 4.78 is 21.7. The van der Waals surface area contributed by atoms with Gasteiger partial charge in [-0.25, -0.2) is 0 Å². The molecule has 0 radical (unpaired) electrons. The van der Waals surface area contributed by atoms with E-state index >= 15 is 0 Å². The predicted octanol–water partition coefficient (Wildman–Crippen LogP) is 3.42. The minimum atomic E-state index is 0.0722. The molecule has 0 bridgehead atoms. The van der Waals surface area contributed by atoms with E-state index in [1.165, 1.54) is 0 Å². The fraction of sp³-hybridized carbons (Fsp3) is 0.364. The monoisotopic (exact) mass is 369 g/mol. The second-order valence-corrected chi connectivity index (χ2v) is 6.18. The van der Waals surface area contributed by atoms with Crippen molar-refractivity contribution in [1.29, 1.82) is 0 Å². The number of methoxy groups -OCH3 is 4. The van der Waals surface area contributed by atoms with E-state index < -0.39 is 0 Å². The quantitative estimate of drug-likeness (QED) is 0.634. The Bertz CT molecular complexity index is 742. The van der Waals surface area contributed by atoms with Crippen LogP contribution in [-0.2, 0) is 0 Å². The van der Waals surface area contributed by atoms with Crippen LogP contribution in [0.1, 0.15) is 17.0 Å². The van der Waals surface area contributed by atoms with Gasteiger partial charge in [0.05, 0.1) is 35.0 Å². The molecule has 0 atom stereocenters. The van der Waals surface area contributed by atoms with Crippen molar-refractivity contribution in [2.75, 3.05) is 48.6 Å². The average molecular weight is 369 g/mol. The molecule has 0 saturated heterocycles. The van der Waals surface area contributed by atoms with Crippen molar-refractivity contribution < 1.29 is 18.9 Å². The SMILES string of the molecule is C#CCN(C)CC(c1ccc(OC)c(OC)c1)c1ccc(OC)c(OC)c1. The van der Waals surface area contributed by atoms with Crippen molar-refractivity contribution in [3.63, 3.8) is 0 Å². The Hall–Kier alpha value is -2.84. The zero-order chi connectivity index (χ0) is 19.8. The Morgan fingerprint density at radius 3 is 1.63 bits per heavy atom. The number of hydrogen-bond acceptors (Lipinski definition) is 5. The van der Waals surface area contributed by atoms with E-state index in [1.807, 2.05) is 43.4 Å². The van der Waals surface area contributed by atoms with Crippen molar-refractivity contribution in [3.8, 4) is 35.3 Å². The van der Waals surface area contributed by atoms with Crippen LogP contribution in [0.15, 0.2) is 36.4 Å². The largest absolute Gasteiger partial charge is 0.493 e. The maximum Gasteiger partial charge on any atom is 0.161 e. The Kier molecular flexibility index (Phi) is 7.39. The van der Waals surface area contributed by atoms with Gasteiger partial charge in [-0.05, 0) is 42.4 Å². The summed E-state index contributed by atoms with van der Waals surface area (Å²) in [6, 6.07) is 11.9. The van der Waals surface area contributed by atoms with Gasteiger partial charge < -0.3 is 18.9 Å². The molecule has 0 fully saturated rings. The van der Waals surface area contributed by atoms with Crippen molar-refractivity contribution in [2.45, 2.75) is 5.92 Å². The third-order valence-corrected chi connectivity index (χ3v) is 4.48. The lowest BCUT2D eigenvalue weighted by molar-refractivity contribution is 0.347. The molecule has 0 aliphatic heterocycles. The summed E-state index contributed by atoms with van der Waals surface area (Å²) in [5.74, 6) is 5.55. The molecule has 0 N–H and O–H groups in total. The van der Waals surface area contributed by atoms with Crippen LogP contribution in [0.5, 0.6) is 23.0 Å². The van der Waals surface area contributed by atoms with Crippen molar-refractivity contribution >= 4 is 0 Å². The Morgan fingerprint density at radius 1 is 0.815 bits per heavy atom. The molecule has 0 aromatic heterocycles. The van der Waals surface area contributed by atoms with Gasteiger partial charge in [-0.1, -0.05) is 18.1 Å². The minimum Gasteiger partial charge on any atom is -0.493 e. The highest BCUT2D eigenvalue weighted by Crippen LogP contribution is 2.37. The topological polar surface area (TPSA) is 40.2 Å². The minimum absolute atomic E-state index is 0.0722. The molecule has 0 aliphatic rings. The molecule has 0 spiro atoms. The van der Waals surface area contributed by atoms with Crippen molar-refractivity contribution in [3.05, 3.63) is 47.5 Å². The maximum absolute atomic E-state index is 5.48. The third-order valence-electron chi connectivity index (χ3n) is 4.48. The number of hydrogen-bond donors (Lipinski definition) is 0. The van der Waals surface area contributed by atoms with Crippen LogP contribution in [0.3, 0.4) is 0 Å². The van der Waals surface area contributed by atoms with E-state index in [0.717, 1.165) is 17.7 Å². The van der Waals surface area contributed by atoms with Gasteiger partial charge in [-0.2, -0.15) is 0 Å². The number of rotatable bonds is 9. The highest BCUT2D eigenvalue weighted by molar-refractivity contribution is 5.49. The summed E-state index contributed by atoms with van der Waals surface area (Å²) >= 11 is 0. The average Bonchev–Trinajstić information content (AvgIpc) is 2.71. The zero-order valence-electron chi connectivity index (χ0n) is 16.6. The van der Waals surface area contributed by atoms with Gasteiger partial charge in [0.15, 0.2) is 23.0 Å². The highest BCUT2D eigenvalue weighted by atomic mass is 16.5. The number of benzene rings is 2. The molecule has 2 aromatic carbocycles. The van der Waals surface area contributed by atoms with Gasteiger partial charge in [0.25, 0.3) is 0 Å². The Morgan fingerprint density at radius 2 is 1.26 bits per heavy atom. The number of ether oxygens (including phenoxy) is 4. The second kappa shape index (κ2) is 9.75. The zero-order valence-corrected chi connectivity index (χ0v) is 16.6.